The number of aromatic nitrogens is 1. The minimum absolute atomic E-state index is 0.0623. The molecule has 1 aromatic carbocycles. The summed E-state index contributed by atoms with van der Waals surface area (Å²) < 4.78 is 10.5. The summed E-state index contributed by atoms with van der Waals surface area (Å²) in [6, 6.07) is 5.67. The van der Waals surface area contributed by atoms with Crippen LogP contribution >= 0.6 is 0 Å². The Bertz CT molecular complexity index is 647. The van der Waals surface area contributed by atoms with Gasteiger partial charge in [0, 0.05) is 43.3 Å². The Morgan fingerprint density at radius 1 is 1.41 bits per heavy atom. The number of amides is 1. The first-order chi connectivity index (χ1) is 10.8. The highest BCUT2D eigenvalue weighted by atomic mass is 16.5. The summed E-state index contributed by atoms with van der Waals surface area (Å²) in [5, 5.41) is 3.86. The lowest BCUT2D eigenvalue weighted by atomic mass is 10.1. The average Bonchev–Trinajstić information content (AvgIpc) is 2.98. The van der Waals surface area contributed by atoms with E-state index in [0.29, 0.717) is 12.1 Å². The van der Waals surface area contributed by atoms with Gasteiger partial charge in [0.25, 0.3) is 5.91 Å². The van der Waals surface area contributed by atoms with Crippen LogP contribution in [0.5, 0.6) is 5.75 Å². The van der Waals surface area contributed by atoms with E-state index < -0.39 is 0 Å². The molecule has 1 aliphatic heterocycles. The number of carbonyl (C=O) groups is 1. The Hall–Kier alpha value is -2.05. The molecule has 1 saturated heterocycles. The number of morpholine rings is 1. The van der Waals surface area contributed by atoms with Crippen LogP contribution < -0.4 is 10.1 Å². The number of rotatable bonds is 5. The normalized spacial score (nSPS) is 15.9. The van der Waals surface area contributed by atoms with Crippen molar-refractivity contribution in [2.24, 2.45) is 0 Å². The van der Waals surface area contributed by atoms with Crippen LogP contribution in [0.2, 0.25) is 0 Å². The monoisotopic (exact) mass is 303 g/mol. The van der Waals surface area contributed by atoms with E-state index in [2.05, 4.69) is 15.2 Å². The average molecular weight is 303 g/mol. The molecular formula is C16H21N3O3. The Kier molecular flexibility index (Phi) is 4.60. The molecule has 1 fully saturated rings. The summed E-state index contributed by atoms with van der Waals surface area (Å²) in [6.45, 7) is 4.89. The summed E-state index contributed by atoms with van der Waals surface area (Å²) in [4.78, 5) is 17.8. The van der Waals surface area contributed by atoms with E-state index >= 15 is 0 Å². The fourth-order valence-corrected chi connectivity index (χ4v) is 2.66. The van der Waals surface area contributed by atoms with Crippen LogP contribution in [0, 0.1) is 0 Å². The smallest absolute Gasteiger partial charge is 0.253 e. The van der Waals surface area contributed by atoms with E-state index in [0.717, 1.165) is 49.5 Å². The third-order valence-corrected chi connectivity index (χ3v) is 3.95. The molecule has 6 nitrogen and oxygen atoms in total. The van der Waals surface area contributed by atoms with E-state index in [9.17, 15) is 4.79 Å². The molecule has 1 aliphatic rings. The fraction of sp³-hybridized carbons (Fsp3) is 0.438. The molecule has 0 aliphatic carbocycles. The fourth-order valence-electron chi connectivity index (χ4n) is 2.66. The van der Waals surface area contributed by atoms with Gasteiger partial charge in [0.1, 0.15) is 5.75 Å². The lowest BCUT2D eigenvalue weighted by Gasteiger charge is -2.26. The molecule has 118 valence electrons. The van der Waals surface area contributed by atoms with Crippen LogP contribution in [0.25, 0.3) is 10.9 Å². The molecule has 0 spiro atoms. The van der Waals surface area contributed by atoms with Crippen LogP contribution in [-0.2, 0) is 4.74 Å². The lowest BCUT2D eigenvalue weighted by Crippen LogP contribution is -2.41. The van der Waals surface area contributed by atoms with Crippen molar-refractivity contribution in [2.45, 2.75) is 0 Å². The minimum Gasteiger partial charge on any atom is -0.497 e. The maximum Gasteiger partial charge on any atom is 0.253 e. The maximum atomic E-state index is 12.3. The van der Waals surface area contributed by atoms with Crippen molar-refractivity contribution in [3.05, 3.63) is 30.0 Å². The lowest BCUT2D eigenvalue weighted by molar-refractivity contribution is 0.0383. The SMILES string of the molecule is COc1ccc2[nH]cc(C(=O)NCCN3CCOCC3)c2c1. The Balaban J connectivity index is 1.62. The number of carbonyl (C=O) groups excluding carboxylic acids is 1. The number of hydrogen-bond acceptors (Lipinski definition) is 4. The largest absolute Gasteiger partial charge is 0.497 e. The van der Waals surface area contributed by atoms with Crippen LogP contribution in [0.4, 0.5) is 0 Å². The quantitative estimate of drug-likeness (QED) is 0.872. The second-order valence-electron chi connectivity index (χ2n) is 5.32. The van der Waals surface area contributed by atoms with Gasteiger partial charge in [-0.15, -0.1) is 0 Å². The van der Waals surface area contributed by atoms with Crippen molar-refractivity contribution in [2.75, 3.05) is 46.5 Å². The minimum atomic E-state index is -0.0623. The predicted octanol–water partition coefficient (Wildman–Crippen LogP) is 1.24. The number of aromatic amines is 1. The molecule has 0 bridgehead atoms. The topological polar surface area (TPSA) is 66.6 Å². The van der Waals surface area contributed by atoms with E-state index in [4.69, 9.17) is 9.47 Å². The molecule has 0 atom stereocenters. The molecule has 6 heteroatoms. The van der Waals surface area contributed by atoms with Gasteiger partial charge >= 0.3 is 0 Å². The Morgan fingerprint density at radius 3 is 3.00 bits per heavy atom. The van der Waals surface area contributed by atoms with Gasteiger partial charge in [-0.3, -0.25) is 9.69 Å². The molecule has 1 amide bonds. The zero-order valence-electron chi connectivity index (χ0n) is 12.7. The van der Waals surface area contributed by atoms with E-state index in [1.807, 2.05) is 18.2 Å². The van der Waals surface area contributed by atoms with Gasteiger partial charge in [0.15, 0.2) is 0 Å². The molecule has 3 rings (SSSR count). The summed E-state index contributed by atoms with van der Waals surface area (Å²) in [7, 11) is 1.62. The van der Waals surface area contributed by atoms with Crippen molar-refractivity contribution in [1.29, 1.82) is 0 Å². The van der Waals surface area contributed by atoms with Crippen molar-refractivity contribution in [3.8, 4) is 5.75 Å². The summed E-state index contributed by atoms with van der Waals surface area (Å²) in [5.41, 5.74) is 1.58. The number of nitrogens with one attached hydrogen (secondary N) is 2. The van der Waals surface area contributed by atoms with E-state index in [1.54, 1.807) is 13.3 Å². The molecule has 2 N–H and O–H groups in total. The number of methoxy groups -OCH3 is 1. The third kappa shape index (κ3) is 3.23. The van der Waals surface area contributed by atoms with Crippen molar-refractivity contribution in [1.82, 2.24) is 15.2 Å². The predicted molar refractivity (Wildman–Crippen MR) is 84.4 cm³/mol. The second kappa shape index (κ2) is 6.81. The van der Waals surface area contributed by atoms with Gasteiger partial charge in [-0.1, -0.05) is 0 Å². The zero-order chi connectivity index (χ0) is 15.4. The zero-order valence-corrected chi connectivity index (χ0v) is 12.7. The van der Waals surface area contributed by atoms with E-state index in [-0.39, 0.29) is 5.91 Å². The first kappa shape index (κ1) is 14.9. The highest BCUT2D eigenvalue weighted by Gasteiger charge is 2.14. The van der Waals surface area contributed by atoms with Crippen molar-refractivity contribution in [3.63, 3.8) is 0 Å². The molecule has 2 heterocycles. The molecule has 1 aromatic heterocycles. The Labute approximate surface area is 129 Å². The summed E-state index contributed by atoms with van der Waals surface area (Å²) >= 11 is 0. The molecule has 22 heavy (non-hydrogen) atoms. The number of nitrogens with zero attached hydrogens (tertiary/aromatic N) is 1. The Morgan fingerprint density at radius 2 is 2.23 bits per heavy atom. The second-order valence-corrected chi connectivity index (χ2v) is 5.32. The number of benzene rings is 1. The van der Waals surface area contributed by atoms with E-state index in [1.165, 1.54) is 0 Å². The van der Waals surface area contributed by atoms with Gasteiger partial charge in [-0.2, -0.15) is 0 Å². The first-order valence-electron chi connectivity index (χ1n) is 7.51. The van der Waals surface area contributed by atoms with Crippen molar-refractivity contribution < 1.29 is 14.3 Å². The van der Waals surface area contributed by atoms with Gasteiger partial charge < -0.3 is 19.8 Å². The third-order valence-electron chi connectivity index (χ3n) is 3.95. The summed E-state index contributed by atoms with van der Waals surface area (Å²) in [5.74, 6) is 0.683. The van der Waals surface area contributed by atoms with Gasteiger partial charge in [-0.05, 0) is 18.2 Å². The highest BCUT2D eigenvalue weighted by Crippen LogP contribution is 2.23. The molecule has 0 unspecified atom stereocenters. The molecular weight excluding hydrogens is 282 g/mol. The standard InChI is InChI=1S/C16H21N3O3/c1-21-12-2-3-15-13(10-12)14(11-18-15)16(20)17-4-5-19-6-8-22-9-7-19/h2-3,10-11,18H,4-9H2,1H3,(H,17,20). The van der Waals surface area contributed by atoms with Crippen LogP contribution in [0.15, 0.2) is 24.4 Å². The summed E-state index contributed by atoms with van der Waals surface area (Å²) in [6.07, 6.45) is 1.74. The molecule has 2 aromatic rings. The molecule has 0 saturated carbocycles. The number of H-pyrrole nitrogens is 1. The maximum absolute atomic E-state index is 12.3. The highest BCUT2D eigenvalue weighted by molar-refractivity contribution is 6.07. The van der Waals surface area contributed by atoms with Crippen LogP contribution in [0.3, 0.4) is 0 Å². The molecule has 0 radical (unpaired) electrons. The number of hydrogen-bond donors (Lipinski definition) is 2. The van der Waals surface area contributed by atoms with Gasteiger partial charge in [0.2, 0.25) is 0 Å². The van der Waals surface area contributed by atoms with Gasteiger partial charge in [0.05, 0.1) is 25.9 Å². The number of fused-ring (bicyclic) bond motifs is 1. The van der Waals surface area contributed by atoms with Gasteiger partial charge in [-0.25, -0.2) is 0 Å². The van der Waals surface area contributed by atoms with Crippen molar-refractivity contribution >= 4 is 16.8 Å². The van der Waals surface area contributed by atoms with Crippen LogP contribution in [-0.4, -0.2) is 62.3 Å². The van der Waals surface area contributed by atoms with Crippen LogP contribution in [0.1, 0.15) is 10.4 Å². The first-order valence-corrected chi connectivity index (χ1v) is 7.51. The number of ether oxygens (including phenoxy) is 2.